The van der Waals surface area contributed by atoms with Crippen LogP contribution in [0.2, 0.25) is 0 Å². The number of aliphatic hydroxyl groups excluding tert-OH is 1. The lowest BCUT2D eigenvalue weighted by molar-refractivity contribution is -0.172. The normalized spacial score (nSPS) is 27.7. The van der Waals surface area contributed by atoms with Crippen LogP contribution in [-0.4, -0.2) is 53.4 Å². The van der Waals surface area contributed by atoms with E-state index < -0.39 is 36.3 Å². The third-order valence-electron chi connectivity index (χ3n) is 7.39. The highest BCUT2D eigenvalue weighted by Gasteiger charge is 2.62. The van der Waals surface area contributed by atoms with Gasteiger partial charge in [-0.05, 0) is 41.7 Å². The Balaban J connectivity index is 1.63. The number of hydrogen-bond acceptors (Lipinski definition) is 4. The second-order valence-electron chi connectivity index (χ2n) is 9.67. The zero-order valence-electron chi connectivity index (χ0n) is 18.8. The van der Waals surface area contributed by atoms with Gasteiger partial charge in [0.05, 0.1) is 11.6 Å². The molecule has 170 valence electrons. The molecule has 2 saturated heterocycles. The first-order valence-electron chi connectivity index (χ1n) is 11.6. The molecule has 5 heteroatoms. The maximum absolute atomic E-state index is 14.1. The minimum absolute atomic E-state index is 0.258. The highest BCUT2D eigenvalue weighted by Crippen LogP contribution is 2.57. The largest absolute Gasteiger partial charge is 0.389 e. The van der Waals surface area contributed by atoms with E-state index in [1.165, 1.54) is 0 Å². The fourth-order valence-electron chi connectivity index (χ4n) is 6.34. The molecule has 3 aromatic rings. The molecule has 0 aromatic heterocycles. The van der Waals surface area contributed by atoms with Gasteiger partial charge in [0.25, 0.3) is 0 Å². The molecule has 1 N–H and O–H groups in total. The number of aliphatic hydroxyl groups is 1. The molecule has 4 atom stereocenters. The third kappa shape index (κ3) is 2.90. The predicted molar refractivity (Wildman–Crippen MR) is 125 cm³/mol. The minimum Gasteiger partial charge on any atom is -0.389 e. The second-order valence-corrected chi connectivity index (χ2v) is 9.67. The summed E-state index contributed by atoms with van der Waals surface area (Å²) < 4.78 is 26.6. The zero-order chi connectivity index (χ0) is 22.8. The number of nitrogens with zero attached hydrogens (tertiary/aromatic N) is 1. The van der Waals surface area contributed by atoms with Gasteiger partial charge >= 0.3 is 0 Å². The lowest BCUT2D eigenvalue weighted by Gasteiger charge is -2.46. The van der Waals surface area contributed by atoms with E-state index in [4.69, 9.17) is 9.47 Å². The molecule has 1 aliphatic carbocycles. The zero-order valence-corrected chi connectivity index (χ0v) is 18.8. The molecule has 0 spiro atoms. The average Bonchev–Trinajstić information content (AvgIpc) is 3.43. The van der Waals surface area contributed by atoms with Crippen LogP contribution in [0, 0.1) is 0 Å². The van der Waals surface area contributed by atoms with Gasteiger partial charge < -0.3 is 14.6 Å². The standard InChI is InChI=1S/C28H28FNO3/c1-27(2)32-24-17-30(25(23(31)16-29)26(24)33-27)28(18-10-4-3-5-11-18)21-14-8-6-12-19(21)20-13-7-9-15-22(20)28/h3-15,23-26,31H,16-17H2,1-2H3/t23-,24-,25-,26-/m1/s1. The smallest absolute Gasteiger partial charge is 0.163 e. The SMILES string of the molecule is CC1(C)O[C@H]2[C@@H]([C@H](O)CF)N(C3(c4ccccc4)c4ccccc4-c4ccccc43)C[C@H]2O1. The minimum atomic E-state index is -1.20. The van der Waals surface area contributed by atoms with E-state index in [1.807, 2.05) is 32.0 Å². The van der Waals surface area contributed by atoms with E-state index in [0.29, 0.717) is 6.54 Å². The Bertz CT molecular complexity index is 1140. The van der Waals surface area contributed by atoms with Crippen molar-refractivity contribution in [2.45, 2.75) is 49.5 Å². The van der Waals surface area contributed by atoms with Gasteiger partial charge in [0.1, 0.15) is 25.0 Å². The van der Waals surface area contributed by atoms with Crippen LogP contribution in [0.3, 0.4) is 0 Å². The van der Waals surface area contributed by atoms with Crippen LogP contribution in [-0.2, 0) is 15.0 Å². The van der Waals surface area contributed by atoms with Gasteiger partial charge in [-0.15, -0.1) is 0 Å². The average molecular weight is 446 g/mol. The van der Waals surface area contributed by atoms with Crippen molar-refractivity contribution in [1.82, 2.24) is 4.90 Å². The van der Waals surface area contributed by atoms with Crippen molar-refractivity contribution in [3.63, 3.8) is 0 Å². The lowest BCUT2D eigenvalue weighted by atomic mass is 9.78. The summed E-state index contributed by atoms with van der Waals surface area (Å²) in [7, 11) is 0. The van der Waals surface area contributed by atoms with Crippen molar-refractivity contribution in [2.24, 2.45) is 0 Å². The van der Waals surface area contributed by atoms with Crippen LogP contribution in [0.4, 0.5) is 4.39 Å². The molecular formula is C28H28FNO3. The topological polar surface area (TPSA) is 41.9 Å². The van der Waals surface area contributed by atoms with E-state index in [0.717, 1.165) is 27.8 Å². The summed E-state index contributed by atoms with van der Waals surface area (Å²) in [4.78, 5) is 2.24. The molecule has 6 rings (SSSR count). The maximum Gasteiger partial charge on any atom is 0.163 e. The van der Waals surface area contributed by atoms with Gasteiger partial charge in [0.2, 0.25) is 0 Å². The highest BCUT2D eigenvalue weighted by atomic mass is 19.1. The monoisotopic (exact) mass is 445 g/mol. The molecule has 0 saturated carbocycles. The van der Waals surface area contributed by atoms with E-state index in [-0.39, 0.29) is 6.10 Å². The summed E-state index contributed by atoms with van der Waals surface area (Å²) in [5, 5.41) is 11.0. The van der Waals surface area contributed by atoms with Gasteiger partial charge in [0, 0.05) is 6.54 Å². The Morgan fingerprint density at radius 1 is 0.909 bits per heavy atom. The molecule has 2 heterocycles. The first-order chi connectivity index (χ1) is 16.0. The fourth-order valence-corrected chi connectivity index (χ4v) is 6.34. The van der Waals surface area contributed by atoms with Gasteiger partial charge in [-0.2, -0.15) is 0 Å². The van der Waals surface area contributed by atoms with Gasteiger partial charge in [-0.3, -0.25) is 4.90 Å². The van der Waals surface area contributed by atoms with E-state index in [1.54, 1.807) is 0 Å². The van der Waals surface area contributed by atoms with E-state index >= 15 is 0 Å². The van der Waals surface area contributed by atoms with Crippen LogP contribution >= 0.6 is 0 Å². The van der Waals surface area contributed by atoms with Crippen molar-refractivity contribution in [3.05, 3.63) is 95.6 Å². The van der Waals surface area contributed by atoms with E-state index in [9.17, 15) is 9.50 Å². The van der Waals surface area contributed by atoms with Crippen LogP contribution in [0.25, 0.3) is 11.1 Å². The molecule has 0 bridgehead atoms. The van der Waals surface area contributed by atoms with Crippen molar-refractivity contribution in [2.75, 3.05) is 13.2 Å². The first kappa shape index (κ1) is 21.0. The van der Waals surface area contributed by atoms with Crippen molar-refractivity contribution < 1.29 is 19.0 Å². The molecule has 2 fully saturated rings. The van der Waals surface area contributed by atoms with Crippen LogP contribution < -0.4 is 0 Å². The van der Waals surface area contributed by atoms with E-state index in [2.05, 4.69) is 65.6 Å². The maximum atomic E-state index is 14.1. The number of fused-ring (bicyclic) bond motifs is 4. The highest BCUT2D eigenvalue weighted by molar-refractivity contribution is 5.83. The third-order valence-corrected chi connectivity index (χ3v) is 7.39. The number of alkyl halides is 1. The number of rotatable bonds is 4. The van der Waals surface area contributed by atoms with Crippen molar-refractivity contribution >= 4 is 0 Å². The Morgan fingerprint density at radius 3 is 2.09 bits per heavy atom. The molecule has 2 aliphatic heterocycles. The molecule has 33 heavy (non-hydrogen) atoms. The first-order valence-corrected chi connectivity index (χ1v) is 11.6. The molecule has 0 radical (unpaired) electrons. The summed E-state index contributed by atoms with van der Waals surface area (Å²) in [6.45, 7) is 3.43. The molecule has 0 amide bonds. The predicted octanol–water partition coefficient (Wildman–Crippen LogP) is 4.49. The van der Waals surface area contributed by atoms with Gasteiger partial charge in [-0.25, -0.2) is 4.39 Å². The van der Waals surface area contributed by atoms with Crippen LogP contribution in [0.15, 0.2) is 78.9 Å². The summed E-state index contributed by atoms with van der Waals surface area (Å²) in [5.74, 6) is -0.763. The summed E-state index contributed by atoms with van der Waals surface area (Å²) in [5.41, 5.74) is 4.96. The fraction of sp³-hybridized carbons (Fsp3) is 0.357. The number of likely N-dealkylation sites (tertiary alicyclic amines) is 1. The second kappa shape index (κ2) is 7.47. The molecule has 3 aliphatic rings. The van der Waals surface area contributed by atoms with Crippen molar-refractivity contribution in [3.8, 4) is 11.1 Å². The van der Waals surface area contributed by atoms with Crippen molar-refractivity contribution in [1.29, 1.82) is 0 Å². The summed E-state index contributed by atoms with van der Waals surface area (Å²) in [6.07, 6.45) is -1.88. The summed E-state index contributed by atoms with van der Waals surface area (Å²) >= 11 is 0. The molecular weight excluding hydrogens is 417 g/mol. The number of halogens is 1. The van der Waals surface area contributed by atoms with Crippen LogP contribution in [0.1, 0.15) is 30.5 Å². The lowest BCUT2D eigenvalue weighted by Crippen LogP contribution is -2.56. The number of hydrogen-bond donors (Lipinski definition) is 1. The Morgan fingerprint density at radius 2 is 1.48 bits per heavy atom. The van der Waals surface area contributed by atoms with Gasteiger partial charge in [-0.1, -0.05) is 78.9 Å². The molecule has 3 aromatic carbocycles. The van der Waals surface area contributed by atoms with Crippen LogP contribution in [0.5, 0.6) is 0 Å². The van der Waals surface area contributed by atoms with Gasteiger partial charge in [0.15, 0.2) is 5.79 Å². The molecule has 4 nitrogen and oxygen atoms in total. The number of ether oxygens (including phenoxy) is 2. The Hall–Kier alpha value is -2.57. The molecule has 0 unspecified atom stereocenters. The Kier molecular flexibility index (Phi) is 4.75. The summed E-state index contributed by atoms with van der Waals surface area (Å²) in [6, 6.07) is 26.6. The Labute approximate surface area is 193 Å². The number of benzene rings is 3. The quantitative estimate of drug-likeness (QED) is 0.643.